The van der Waals surface area contributed by atoms with Gasteiger partial charge in [0.15, 0.2) is 0 Å². The molecule has 2 aliphatic heterocycles. The number of piperazine rings is 1. The Morgan fingerprint density at radius 1 is 1.07 bits per heavy atom. The van der Waals surface area contributed by atoms with E-state index in [1.807, 2.05) is 6.92 Å². The number of nitrogens with zero attached hydrogens (tertiary/aromatic N) is 3. The van der Waals surface area contributed by atoms with Crippen molar-refractivity contribution in [3.63, 3.8) is 0 Å². The van der Waals surface area contributed by atoms with Crippen molar-refractivity contribution in [1.29, 1.82) is 0 Å². The summed E-state index contributed by atoms with van der Waals surface area (Å²) in [5, 5.41) is 0. The third kappa shape index (κ3) is 4.02. The summed E-state index contributed by atoms with van der Waals surface area (Å²) >= 11 is 0. The van der Waals surface area contributed by atoms with Crippen LogP contribution in [0.5, 0.6) is 0 Å². The molecule has 2 heterocycles. The first-order valence-corrected chi connectivity index (χ1v) is 11.9. The number of aryl methyl sites for hydroxylation is 1. The molecule has 30 heavy (non-hydrogen) atoms. The molecule has 6 nitrogen and oxygen atoms in total. The molecule has 160 valence electrons. The van der Waals surface area contributed by atoms with Crippen molar-refractivity contribution in [2.75, 3.05) is 31.1 Å². The highest BCUT2D eigenvalue weighted by Gasteiger charge is 2.33. The molecule has 1 unspecified atom stereocenters. The second-order valence-electron chi connectivity index (χ2n) is 8.40. The van der Waals surface area contributed by atoms with E-state index in [-0.39, 0.29) is 11.9 Å². The Bertz CT molecular complexity index is 1060. The van der Waals surface area contributed by atoms with Crippen molar-refractivity contribution in [2.24, 2.45) is 0 Å². The summed E-state index contributed by atoms with van der Waals surface area (Å²) in [4.78, 5) is 16.3. The van der Waals surface area contributed by atoms with Gasteiger partial charge in [0, 0.05) is 51.4 Å². The van der Waals surface area contributed by atoms with Gasteiger partial charge in [-0.1, -0.05) is 29.8 Å². The zero-order valence-electron chi connectivity index (χ0n) is 17.8. The minimum atomic E-state index is -3.54. The van der Waals surface area contributed by atoms with Crippen molar-refractivity contribution in [3.05, 3.63) is 59.2 Å². The number of amides is 1. The van der Waals surface area contributed by atoms with Crippen LogP contribution in [0.4, 0.5) is 5.69 Å². The van der Waals surface area contributed by atoms with Gasteiger partial charge in [0.25, 0.3) is 0 Å². The largest absolute Gasteiger partial charge is 0.309 e. The molecule has 0 aliphatic carbocycles. The van der Waals surface area contributed by atoms with Crippen molar-refractivity contribution >= 4 is 21.6 Å². The van der Waals surface area contributed by atoms with E-state index in [4.69, 9.17) is 0 Å². The number of rotatable bonds is 4. The first kappa shape index (κ1) is 21.0. The Balaban J connectivity index is 1.45. The molecule has 1 atom stereocenters. The maximum Gasteiger partial charge on any atom is 0.243 e. The first-order chi connectivity index (χ1) is 14.3. The van der Waals surface area contributed by atoms with E-state index in [1.54, 1.807) is 34.3 Å². The highest BCUT2D eigenvalue weighted by molar-refractivity contribution is 7.89. The Hall–Kier alpha value is -2.22. The molecule has 0 aromatic heterocycles. The molecule has 1 fully saturated rings. The fourth-order valence-corrected chi connectivity index (χ4v) is 6.07. The second kappa shape index (κ2) is 8.13. The lowest BCUT2D eigenvalue weighted by Gasteiger charge is -2.34. The minimum Gasteiger partial charge on any atom is -0.309 e. The summed E-state index contributed by atoms with van der Waals surface area (Å²) in [5.41, 5.74) is 4.26. The van der Waals surface area contributed by atoms with Gasteiger partial charge in [0.1, 0.15) is 0 Å². The number of carbonyl (C=O) groups excluding carboxylic acids is 1. The third-order valence-electron chi connectivity index (χ3n) is 6.06. The van der Waals surface area contributed by atoms with Crippen LogP contribution in [-0.4, -0.2) is 55.8 Å². The molecule has 0 spiro atoms. The molecule has 4 rings (SSSR count). The van der Waals surface area contributed by atoms with Gasteiger partial charge in [-0.2, -0.15) is 4.31 Å². The monoisotopic (exact) mass is 427 g/mol. The predicted octanol–water partition coefficient (Wildman–Crippen LogP) is 2.80. The van der Waals surface area contributed by atoms with E-state index < -0.39 is 10.0 Å². The Labute approximate surface area is 179 Å². The van der Waals surface area contributed by atoms with Gasteiger partial charge in [-0.3, -0.25) is 9.69 Å². The van der Waals surface area contributed by atoms with E-state index in [0.717, 1.165) is 17.8 Å². The maximum absolute atomic E-state index is 13.2. The molecule has 7 heteroatoms. The van der Waals surface area contributed by atoms with Gasteiger partial charge in [-0.25, -0.2) is 8.42 Å². The normalized spacial score (nSPS) is 20.4. The Morgan fingerprint density at radius 3 is 2.47 bits per heavy atom. The molecule has 1 amide bonds. The Kier molecular flexibility index (Phi) is 5.70. The Morgan fingerprint density at radius 2 is 1.80 bits per heavy atom. The van der Waals surface area contributed by atoms with Gasteiger partial charge in [0.05, 0.1) is 4.90 Å². The van der Waals surface area contributed by atoms with Gasteiger partial charge < -0.3 is 4.90 Å². The van der Waals surface area contributed by atoms with E-state index in [1.165, 1.54) is 11.1 Å². The van der Waals surface area contributed by atoms with Crippen molar-refractivity contribution < 1.29 is 13.2 Å². The number of sulfonamides is 1. The fourth-order valence-electron chi connectivity index (χ4n) is 4.59. The van der Waals surface area contributed by atoms with Gasteiger partial charge in [-0.05, 0) is 49.6 Å². The molecule has 0 saturated carbocycles. The number of benzene rings is 2. The smallest absolute Gasteiger partial charge is 0.243 e. The highest BCUT2D eigenvalue weighted by Crippen LogP contribution is 2.34. The van der Waals surface area contributed by atoms with Gasteiger partial charge in [0.2, 0.25) is 15.9 Å². The van der Waals surface area contributed by atoms with Crippen LogP contribution in [0.15, 0.2) is 47.4 Å². The molecule has 0 N–H and O–H groups in total. The maximum atomic E-state index is 13.2. The standard InChI is InChI=1S/C23H29N3O3S/c1-17-5-4-6-20(13-17)16-24-9-11-25(12-10-24)30(28,29)22-7-8-23-21(15-22)14-18(2)26(23)19(3)27/h4-8,13,15,18H,9-12,14,16H2,1-3H3. The number of hydrogen-bond donors (Lipinski definition) is 0. The molecule has 2 aromatic rings. The lowest BCUT2D eigenvalue weighted by atomic mass is 10.1. The van der Waals surface area contributed by atoms with Crippen LogP contribution in [0.2, 0.25) is 0 Å². The zero-order chi connectivity index (χ0) is 21.5. The minimum absolute atomic E-state index is 0.0124. The summed E-state index contributed by atoms with van der Waals surface area (Å²) in [6.45, 7) is 8.87. The molecule has 0 bridgehead atoms. The molecule has 2 aromatic carbocycles. The molecule has 2 aliphatic rings. The van der Waals surface area contributed by atoms with Gasteiger partial charge >= 0.3 is 0 Å². The summed E-state index contributed by atoms with van der Waals surface area (Å²) in [6.07, 6.45) is 0.683. The van der Waals surface area contributed by atoms with Crippen molar-refractivity contribution in [2.45, 2.75) is 44.7 Å². The SMILES string of the molecule is CC(=O)N1c2ccc(S(=O)(=O)N3CCN(Cc4cccc(C)c4)CC3)cc2CC1C. The molecule has 0 radical (unpaired) electrons. The van der Waals surface area contributed by atoms with Crippen LogP contribution in [0.25, 0.3) is 0 Å². The second-order valence-corrected chi connectivity index (χ2v) is 10.3. The van der Waals surface area contributed by atoms with Crippen LogP contribution in [0, 0.1) is 6.92 Å². The van der Waals surface area contributed by atoms with Crippen molar-refractivity contribution in [3.8, 4) is 0 Å². The molecular formula is C23H29N3O3S. The quantitative estimate of drug-likeness (QED) is 0.753. The number of anilines is 1. The predicted molar refractivity (Wildman–Crippen MR) is 118 cm³/mol. The molecular weight excluding hydrogens is 398 g/mol. The average Bonchev–Trinajstić information content (AvgIpc) is 3.03. The zero-order valence-corrected chi connectivity index (χ0v) is 18.7. The van der Waals surface area contributed by atoms with Crippen LogP contribution in [0.1, 0.15) is 30.5 Å². The highest BCUT2D eigenvalue weighted by atomic mass is 32.2. The van der Waals surface area contributed by atoms with E-state index in [2.05, 4.69) is 36.1 Å². The van der Waals surface area contributed by atoms with Crippen LogP contribution >= 0.6 is 0 Å². The van der Waals surface area contributed by atoms with Crippen LogP contribution in [-0.2, 0) is 27.8 Å². The summed E-state index contributed by atoms with van der Waals surface area (Å²) in [5.74, 6) is -0.0124. The third-order valence-corrected chi connectivity index (χ3v) is 7.96. The van der Waals surface area contributed by atoms with E-state index >= 15 is 0 Å². The van der Waals surface area contributed by atoms with E-state index in [0.29, 0.717) is 37.5 Å². The lowest BCUT2D eigenvalue weighted by molar-refractivity contribution is -0.116. The average molecular weight is 428 g/mol. The summed E-state index contributed by atoms with van der Waals surface area (Å²) < 4.78 is 28.0. The summed E-state index contributed by atoms with van der Waals surface area (Å²) in [7, 11) is -3.54. The topological polar surface area (TPSA) is 60.9 Å². The fraction of sp³-hybridized carbons (Fsp3) is 0.435. The lowest BCUT2D eigenvalue weighted by Crippen LogP contribution is -2.48. The van der Waals surface area contributed by atoms with Crippen LogP contribution < -0.4 is 4.90 Å². The number of fused-ring (bicyclic) bond motifs is 1. The van der Waals surface area contributed by atoms with Gasteiger partial charge in [-0.15, -0.1) is 0 Å². The molecule has 1 saturated heterocycles. The summed E-state index contributed by atoms with van der Waals surface area (Å²) in [6, 6.07) is 13.7. The number of hydrogen-bond acceptors (Lipinski definition) is 4. The van der Waals surface area contributed by atoms with Crippen LogP contribution in [0.3, 0.4) is 0 Å². The van der Waals surface area contributed by atoms with Crippen molar-refractivity contribution in [1.82, 2.24) is 9.21 Å². The van der Waals surface area contributed by atoms with E-state index in [9.17, 15) is 13.2 Å². The first-order valence-electron chi connectivity index (χ1n) is 10.5. The number of carbonyl (C=O) groups is 1.